The molecule has 9 rings (SSSR count). The fourth-order valence-corrected chi connectivity index (χ4v) is 7.04. The Hall–Kier alpha value is -6.45. The fourth-order valence-electron chi connectivity index (χ4n) is 7.04. The molecule has 1 aliphatic rings. The lowest BCUT2D eigenvalue weighted by atomic mass is 9.91. The highest BCUT2D eigenvalue weighted by atomic mass is 15.0. The molecule has 8 aromatic rings. The molecule has 50 heavy (non-hydrogen) atoms. The predicted molar refractivity (Wildman–Crippen MR) is 207 cm³/mol. The molecule has 0 fully saturated rings. The van der Waals surface area contributed by atoms with Crippen molar-refractivity contribution in [2.24, 2.45) is 0 Å². The van der Waals surface area contributed by atoms with Crippen LogP contribution in [0.3, 0.4) is 0 Å². The molecule has 1 heterocycles. The first-order valence-electron chi connectivity index (χ1n) is 16.7. The highest BCUT2D eigenvalue weighted by molar-refractivity contribution is 5.91. The smallest absolute Gasteiger partial charge is 0.164 e. The van der Waals surface area contributed by atoms with E-state index in [9.17, 15) is 0 Å². The van der Waals surface area contributed by atoms with Crippen molar-refractivity contribution in [2.75, 3.05) is 0 Å². The summed E-state index contributed by atoms with van der Waals surface area (Å²) in [6.45, 7) is 0. The first-order chi connectivity index (χ1) is 24.3. The molecular weight excluding hydrogens is 607 g/mol. The average Bonchev–Trinajstić information content (AvgIpc) is 3.58. The Kier molecular flexibility index (Phi) is 8.16. The maximum atomic E-state index is 5.10. The van der Waals surface area contributed by atoms with Crippen LogP contribution in [0.15, 0.2) is 176 Å². The lowest BCUT2D eigenvalue weighted by Crippen LogP contribution is -2.00. The minimum atomic E-state index is 0. The molecular formula is C47H35N3. The number of hydrogen-bond donors (Lipinski definition) is 0. The second-order valence-corrected chi connectivity index (χ2v) is 12.4. The van der Waals surface area contributed by atoms with Crippen molar-refractivity contribution in [1.82, 2.24) is 15.0 Å². The van der Waals surface area contributed by atoms with Crippen molar-refractivity contribution in [2.45, 2.75) is 13.8 Å². The van der Waals surface area contributed by atoms with E-state index in [1.807, 2.05) is 60.7 Å². The molecule has 0 aliphatic heterocycles. The molecule has 3 nitrogen and oxygen atoms in total. The number of fused-ring (bicyclic) bond motifs is 3. The number of hydrogen-bond acceptors (Lipinski definition) is 3. The van der Waals surface area contributed by atoms with Crippen molar-refractivity contribution in [3.63, 3.8) is 0 Å². The Morgan fingerprint density at radius 3 is 1.14 bits per heavy atom. The van der Waals surface area contributed by atoms with E-state index >= 15 is 0 Å². The van der Waals surface area contributed by atoms with Gasteiger partial charge in [-0.1, -0.05) is 165 Å². The molecule has 0 saturated heterocycles. The standard InChI is InChI=1S/C46H31N3.CH4/c1-5-15-31(16-6-1)35-27-36(39-24-14-26-41-40-25-13-23-38(42(40)30-43(39)41)32-17-7-2-8-18-32)29-37(28-35)46-48-44(33-19-9-3-10-20-33)47-45(49-46)34-21-11-4-12-22-34;/h1-29H,30H2;1H4. The van der Waals surface area contributed by atoms with Crippen LogP contribution in [0.4, 0.5) is 0 Å². The Labute approximate surface area is 293 Å². The van der Waals surface area contributed by atoms with E-state index in [2.05, 4.69) is 115 Å². The van der Waals surface area contributed by atoms with Crippen LogP contribution in [-0.2, 0) is 6.42 Å². The van der Waals surface area contributed by atoms with Crippen LogP contribution < -0.4 is 0 Å². The van der Waals surface area contributed by atoms with E-state index in [1.165, 1.54) is 38.9 Å². The Balaban J connectivity index is 0.00000361. The van der Waals surface area contributed by atoms with Crippen LogP contribution in [0, 0.1) is 0 Å². The molecule has 7 aromatic carbocycles. The zero-order valence-corrected chi connectivity index (χ0v) is 26.8. The van der Waals surface area contributed by atoms with Crippen LogP contribution in [0.25, 0.3) is 78.7 Å². The van der Waals surface area contributed by atoms with Gasteiger partial charge in [0.05, 0.1) is 0 Å². The summed E-state index contributed by atoms with van der Waals surface area (Å²) in [4.78, 5) is 15.1. The summed E-state index contributed by atoms with van der Waals surface area (Å²) in [5.41, 5.74) is 15.4. The Morgan fingerprint density at radius 2 is 0.640 bits per heavy atom. The minimum Gasteiger partial charge on any atom is -0.208 e. The van der Waals surface area contributed by atoms with Crippen LogP contribution in [0.5, 0.6) is 0 Å². The average molecular weight is 642 g/mol. The van der Waals surface area contributed by atoms with Crippen molar-refractivity contribution in [1.29, 1.82) is 0 Å². The van der Waals surface area contributed by atoms with Crippen LogP contribution in [0.2, 0.25) is 0 Å². The summed E-state index contributed by atoms with van der Waals surface area (Å²) in [7, 11) is 0. The zero-order valence-electron chi connectivity index (χ0n) is 26.8. The van der Waals surface area contributed by atoms with Crippen molar-refractivity contribution in [3.8, 4) is 78.7 Å². The molecule has 0 atom stereocenters. The monoisotopic (exact) mass is 641 g/mol. The molecule has 0 bridgehead atoms. The van der Waals surface area contributed by atoms with Gasteiger partial charge >= 0.3 is 0 Å². The number of nitrogens with zero attached hydrogens (tertiary/aromatic N) is 3. The highest BCUT2D eigenvalue weighted by Gasteiger charge is 2.25. The van der Waals surface area contributed by atoms with Crippen molar-refractivity contribution in [3.05, 3.63) is 187 Å². The summed E-state index contributed by atoms with van der Waals surface area (Å²) in [5, 5.41) is 0. The van der Waals surface area contributed by atoms with Gasteiger partial charge in [-0.05, 0) is 80.3 Å². The van der Waals surface area contributed by atoms with Gasteiger partial charge in [-0.25, -0.2) is 15.0 Å². The third kappa shape index (κ3) is 5.69. The first-order valence-corrected chi connectivity index (χ1v) is 16.7. The van der Waals surface area contributed by atoms with Crippen LogP contribution in [0.1, 0.15) is 18.6 Å². The van der Waals surface area contributed by atoms with E-state index in [-0.39, 0.29) is 7.43 Å². The fraction of sp³-hybridized carbons (Fsp3) is 0.0426. The van der Waals surface area contributed by atoms with Gasteiger partial charge in [0.1, 0.15) is 0 Å². The maximum Gasteiger partial charge on any atom is 0.164 e. The molecule has 3 heteroatoms. The van der Waals surface area contributed by atoms with Gasteiger partial charge in [0.2, 0.25) is 0 Å². The Morgan fingerprint density at radius 1 is 0.280 bits per heavy atom. The highest BCUT2D eigenvalue weighted by Crippen LogP contribution is 2.46. The van der Waals surface area contributed by atoms with Gasteiger partial charge in [-0.15, -0.1) is 0 Å². The lowest BCUT2D eigenvalue weighted by Gasteiger charge is -2.14. The van der Waals surface area contributed by atoms with Crippen LogP contribution in [-0.4, -0.2) is 15.0 Å². The topological polar surface area (TPSA) is 38.7 Å². The van der Waals surface area contributed by atoms with Gasteiger partial charge in [0.25, 0.3) is 0 Å². The van der Waals surface area contributed by atoms with Gasteiger partial charge in [0, 0.05) is 16.7 Å². The summed E-state index contributed by atoms with van der Waals surface area (Å²) >= 11 is 0. The van der Waals surface area contributed by atoms with Gasteiger partial charge in [0.15, 0.2) is 17.5 Å². The van der Waals surface area contributed by atoms with Gasteiger partial charge in [-0.3, -0.25) is 0 Å². The molecule has 0 unspecified atom stereocenters. The number of rotatable bonds is 6. The second kappa shape index (κ2) is 13.2. The quantitative estimate of drug-likeness (QED) is 0.181. The third-order valence-corrected chi connectivity index (χ3v) is 9.39. The summed E-state index contributed by atoms with van der Waals surface area (Å²) in [6, 6.07) is 61.8. The van der Waals surface area contributed by atoms with E-state index in [0.717, 1.165) is 39.8 Å². The molecule has 0 spiro atoms. The molecule has 1 aliphatic carbocycles. The third-order valence-electron chi connectivity index (χ3n) is 9.39. The largest absolute Gasteiger partial charge is 0.208 e. The van der Waals surface area contributed by atoms with E-state index < -0.39 is 0 Å². The predicted octanol–water partition coefficient (Wildman–Crippen LogP) is 12.1. The zero-order chi connectivity index (χ0) is 32.6. The second-order valence-electron chi connectivity index (χ2n) is 12.4. The first kappa shape index (κ1) is 30.9. The lowest BCUT2D eigenvalue weighted by molar-refractivity contribution is 1.07. The molecule has 0 amide bonds. The summed E-state index contributed by atoms with van der Waals surface area (Å²) in [6.07, 6.45) is 0.874. The summed E-state index contributed by atoms with van der Waals surface area (Å²) < 4.78 is 0. The molecule has 1 aromatic heterocycles. The van der Waals surface area contributed by atoms with Crippen LogP contribution >= 0.6 is 0 Å². The normalized spacial score (nSPS) is 11.4. The number of aromatic nitrogens is 3. The molecule has 0 N–H and O–H groups in total. The molecule has 0 radical (unpaired) electrons. The Bertz CT molecular complexity index is 2380. The summed E-state index contributed by atoms with van der Waals surface area (Å²) in [5.74, 6) is 1.95. The van der Waals surface area contributed by atoms with E-state index in [0.29, 0.717) is 17.5 Å². The molecule has 0 saturated carbocycles. The maximum absolute atomic E-state index is 5.10. The van der Waals surface area contributed by atoms with Gasteiger partial charge in [-0.2, -0.15) is 0 Å². The van der Waals surface area contributed by atoms with Crippen molar-refractivity contribution >= 4 is 0 Å². The minimum absolute atomic E-state index is 0. The van der Waals surface area contributed by atoms with E-state index in [4.69, 9.17) is 15.0 Å². The number of benzene rings is 7. The van der Waals surface area contributed by atoms with Crippen molar-refractivity contribution < 1.29 is 0 Å². The van der Waals surface area contributed by atoms with Gasteiger partial charge < -0.3 is 0 Å². The van der Waals surface area contributed by atoms with E-state index in [1.54, 1.807) is 0 Å². The SMILES string of the molecule is C.c1ccc(-c2cc(-c3nc(-c4ccccc4)nc(-c4ccccc4)n3)cc(-c3cccc4c3Cc3c(-c5ccccc5)cccc3-4)c2)cc1. The molecule has 238 valence electrons.